The fraction of sp³-hybridized carbons (Fsp3) is 0.421. The van der Waals surface area contributed by atoms with Gasteiger partial charge in [-0.15, -0.1) is 0 Å². The Balaban J connectivity index is 1.64. The van der Waals surface area contributed by atoms with E-state index in [-0.39, 0.29) is 17.6 Å². The number of aromatic nitrogens is 2. The van der Waals surface area contributed by atoms with Crippen LogP contribution in [0.15, 0.2) is 36.5 Å². The third-order valence-corrected chi connectivity index (χ3v) is 4.94. The molecule has 0 radical (unpaired) electrons. The number of aryl methyl sites for hydroxylation is 1. The van der Waals surface area contributed by atoms with Gasteiger partial charge in [-0.3, -0.25) is 14.3 Å². The predicted octanol–water partition coefficient (Wildman–Crippen LogP) is 2.12. The van der Waals surface area contributed by atoms with E-state index < -0.39 is 5.41 Å². The first-order valence-electron chi connectivity index (χ1n) is 8.69. The molecular weight excluding hydrogens is 335 g/mol. The number of benzene rings is 1. The van der Waals surface area contributed by atoms with Gasteiger partial charge in [-0.25, -0.2) is 4.39 Å². The van der Waals surface area contributed by atoms with Crippen LogP contribution in [-0.2, 0) is 18.4 Å². The van der Waals surface area contributed by atoms with E-state index in [1.807, 2.05) is 6.92 Å². The number of likely N-dealkylation sites (tertiary alicyclic amines) is 1. The standard InChI is InChI=1S/C19H23FN4O2/c1-19(18(26)21-12-14-4-6-15(20)7-5-14)9-3-11-24(13-19)17(25)16-8-10-22-23(16)2/h4-8,10H,3,9,11-13H2,1-2H3,(H,21,26). The van der Waals surface area contributed by atoms with Crippen LogP contribution in [0.1, 0.15) is 35.8 Å². The molecule has 2 heterocycles. The second-order valence-electron chi connectivity index (χ2n) is 7.04. The minimum Gasteiger partial charge on any atom is -0.351 e. The SMILES string of the molecule is Cn1nccc1C(=O)N1CCCC(C)(C(=O)NCc2ccc(F)cc2)C1. The molecule has 0 aliphatic carbocycles. The summed E-state index contributed by atoms with van der Waals surface area (Å²) in [5, 5.41) is 6.95. The van der Waals surface area contributed by atoms with Gasteiger partial charge in [0.25, 0.3) is 5.91 Å². The molecule has 0 saturated carbocycles. The number of nitrogens with one attached hydrogen (secondary N) is 1. The van der Waals surface area contributed by atoms with Crippen LogP contribution in [0.2, 0.25) is 0 Å². The molecule has 1 aromatic carbocycles. The Kier molecular flexibility index (Phi) is 5.06. The molecule has 7 heteroatoms. The van der Waals surface area contributed by atoms with Gasteiger partial charge in [0.15, 0.2) is 0 Å². The number of hydrogen-bond donors (Lipinski definition) is 1. The van der Waals surface area contributed by atoms with E-state index in [1.165, 1.54) is 12.1 Å². The lowest BCUT2D eigenvalue weighted by Gasteiger charge is -2.39. The van der Waals surface area contributed by atoms with Crippen molar-refractivity contribution < 1.29 is 14.0 Å². The smallest absolute Gasteiger partial charge is 0.272 e. The van der Waals surface area contributed by atoms with Crippen LogP contribution in [0.4, 0.5) is 4.39 Å². The highest BCUT2D eigenvalue weighted by Gasteiger charge is 2.39. The highest BCUT2D eigenvalue weighted by Crippen LogP contribution is 2.30. The summed E-state index contributed by atoms with van der Waals surface area (Å²) in [6.07, 6.45) is 3.08. The summed E-state index contributed by atoms with van der Waals surface area (Å²) in [5.74, 6) is -0.504. The molecule has 138 valence electrons. The molecule has 3 rings (SSSR count). The minimum absolute atomic E-state index is 0.0932. The van der Waals surface area contributed by atoms with Crippen molar-refractivity contribution in [2.24, 2.45) is 12.5 Å². The van der Waals surface area contributed by atoms with E-state index in [0.717, 1.165) is 18.4 Å². The molecule has 1 saturated heterocycles. The second kappa shape index (κ2) is 7.27. The molecule has 1 atom stereocenters. The molecular formula is C19H23FN4O2. The zero-order valence-electron chi connectivity index (χ0n) is 15.0. The van der Waals surface area contributed by atoms with E-state index in [1.54, 1.807) is 41.0 Å². The molecule has 1 unspecified atom stereocenters. The third kappa shape index (κ3) is 3.76. The van der Waals surface area contributed by atoms with Crippen LogP contribution in [0.5, 0.6) is 0 Å². The molecule has 1 aliphatic rings. The summed E-state index contributed by atoms with van der Waals surface area (Å²) >= 11 is 0. The molecule has 1 N–H and O–H groups in total. The van der Waals surface area contributed by atoms with Crippen molar-refractivity contribution in [3.8, 4) is 0 Å². The van der Waals surface area contributed by atoms with Gasteiger partial charge in [-0.05, 0) is 43.5 Å². The second-order valence-corrected chi connectivity index (χ2v) is 7.04. The quantitative estimate of drug-likeness (QED) is 0.910. The fourth-order valence-corrected chi connectivity index (χ4v) is 3.34. The first kappa shape index (κ1) is 18.1. The molecule has 26 heavy (non-hydrogen) atoms. The summed E-state index contributed by atoms with van der Waals surface area (Å²) in [4.78, 5) is 27.2. The highest BCUT2D eigenvalue weighted by molar-refractivity contribution is 5.93. The largest absolute Gasteiger partial charge is 0.351 e. The highest BCUT2D eigenvalue weighted by atomic mass is 19.1. The molecule has 2 aromatic rings. The molecule has 2 amide bonds. The van der Waals surface area contributed by atoms with Gasteiger partial charge in [-0.1, -0.05) is 12.1 Å². The van der Waals surface area contributed by atoms with Crippen molar-refractivity contribution in [2.45, 2.75) is 26.3 Å². The summed E-state index contributed by atoms with van der Waals surface area (Å²) < 4.78 is 14.5. The lowest BCUT2D eigenvalue weighted by molar-refractivity contribution is -0.132. The average Bonchev–Trinajstić information content (AvgIpc) is 3.06. The summed E-state index contributed by atoms with van der Waals surface area (Å²) in [7, 11) is 1.73. The zero-order chi connectivity index (χ0) is 18.7. The van der Waals surface area contributed by atoms with Crippen LogP contribution in [0, 0.1) is 11.2 Å². The van der Waals surface area contributed by atoms with E-state index in [0.29, 0.717) is 25.3 Å². The number of hydrogen-bond acceptors (Lipinski definition) is 3. The van der Waals surface area contributed by atoms with E-state index >= 15 is 0 Å². The first-order valence-corrected chi connectivity index (χ1v) is 8.69. The van der Waals surface area contributed by atoms with Crippen molar-refractivity contribution in [3.63, 3.8) is 0 Å². The Labute approximate surface area is 152 Å². The molecule has 1 fully saturated rings. The Bertz CT molecular complexity index is 802. The summed E-state index contributed by atoms with van der Waals surface area (Å²) in [6, 6.07) is 7.73. The zero-order valence-corrected chi connectivity index (χ0v) is 15.0. The average molecular weight is 358 g/mol. The maximum atomic E-state index is 13.0. The number of halogens is 1. The number of nitrogens with zero attached hydrogens (tertiary/aromatic N) is 3. The van der Waals surface area contributed by atoms with Gasteiger partial charge in [0.05, 0.1) is 5.41 Å². The molecule has 1 aliphatic heterocycles. The predicted molar refractivity (Wildman–Crippen MR) is 94.7 cm³/mol. The van der Waals surface area contributed by atoms with E-state index in [2.05, 4.69) is 10.4 Å². The van der Waals surface area contributed by atoms with E-state index in [4.69, 9.17) is 0 Å². The monoisotopic (exact) mass is 358 g/mol. The number of rotatable bonds is 4. The molecule has 6 nitrogen and oxygen atoms in total. The van der Waals surface area contributed by atoms with Crippen molar-refractivity contribution >= 4 is 11.8 Å². The number of piperidine rings is 1. The maximum Gasteiger partial charge on any atom is 0.272 e. The van der Waals surface area contributed by atoms with Crippen molar-refractivity contribution in [1.29, 1.82) is 0 Å². The van der Waals surface area contributed by atoms with Gasteiger partial charge in [0.2, 0.25) is 5.91 Å². The number of carbonyl (C=O) groups is 2. The van der Waals surface area contributed by atoms with Crippen LogP contribution in [0.25, 0.3) is 0 Å². The lowest BCUT2D eigenvalue weighted by Crippen LogP contribution is -2.52. The summed E-state index contributed by atoms with van der Waals surface area (Å²) in [6.45, 7) is 3.22. The summed E-state index contributed by atoms with van der Waals surface area (Å²) in [5.41, 5.74) is 0.704. The third-order valence-electron chi connectivity index (χ3n) is 4.94. The molecule has 0 spiro atoms. The van der Waals surface area contributed by atoms with Gasteiger partial charge < -0.3 is 10.2 Å². The first-order chi connectivity index (χ1) is 12.4. The normalized spacial score (nSPS) is 20.0. The van der Waals surface area contributed by atoms with Crippen molar-refractivity contribution in [2.75, 3.05) is 13.1 Å². The van der Waals surface area contributed by atoms with E-state index in [9.17, 15) is 14.0 Å². The number of amides is 2. The van der Waals surface area contributed by atoms with Gasteiger partial charge >= 0.3 is 0 Å². The Morgan fingerprint density at radius 2 is 2.00 bits per heavy atom. The van der Waals surface area contributed by atoms with Gasteiger partial charge in [-0.2, -0.15) is 5.10 Å². The number of carbonyl (C=O) groups excluding carboxylic acids is 2. The fourth-order valence-electron chi connectivity index (χ4n) is 3.34. The molecule has 1 aromatic heterocycles. The van der Waals surface area contributed by atoms with Gasteiger partial charge in [0, 0.05) is 32.9 Å². The molecule has 0 bridgehead atoms. The maximum absolute atomic E-state index is 13.0. The Morgan fingerprint density at radius 1 is 1.27 bits per heavy atom. The van der Waals surface area contributed by atoms with Crippen LogP contribution >= 0.6 is 0 Å². The van der Waals surface area contributed by atoms with Crippen LogP contribution < -0.4 is 5.32 Å². The minimum atomic E-state index is -0.646. The topological polar surface area (TPSA) is 67.2 Å². The Hall–Kier alpha value is -2.70. The van der Waals surface area contributed by atoms with Crippen LogP contribution in [0.3, 0.4) is 0 Å². The van der Waals surface area contributed by atoms with Gasteiger partial charge in [0.1, 0.15) is 11.5 Å². The van der Waals surface area contributed by atoms with Crippen molar-refractivity contribution in [1.82, 2.24) is 20.0 Å². The Morgan fingerprint density at radius 3 is 2.65 bits per heavy atom. The van der Waals surface area contributed by atoms with Crippen LogP contribution in [-0.4, -0.2) is 39.6 Å². The lowest BCUT2D eigenvalue weighted by atomic mass is 9.80. The van der Waals surface area contributed by atoms with Crippen molar-refractivity contribution in [3.05, 3.63) is 53.6 Å².